The lowest BCUT2D eigenvalue weighted by Crippen LogP contribution is -2.23. The second kappa shape index (κ2) is 6.59. The Kier molecular flexibility index (Phi) is 5.11. The van der Waals surface area contributed by atoms with Gasteiger partial charge in [-0.25, -0.2) is 4.98 Å². The van der Waals surface area contributed by atoms with Crippen LogP contribution in [0.2, 0.25) is 0 Å². The fraction of sp³-hybridized carbons (Fsp3) is 0.286. The average Bonchev–Trinajstić information content (AvgIpc) is 2.70. The molecule has 0 aliphatic carbocycles. The third-order valence-corrected chi connectivity index (χ3v) is 2.38. The second-order valence-electron chi connectivity index (χ2n) is 4.05. The molecule has 0 spiro atoms. The zero-order valence-corrected chi connectivity index (χ0v) is 10.8. The van der Waals surface area contributed by atoms with Gasteiger partial charge in [-0.2, -0.15) is 0 Å². The summed E-state index contributed by atoms with van der Waals surface area (Å²) in [6.07, 6.45) is 6.23. The first kappa shape index (κ1) is 14.0. The van der Waals surface area contributed by atoms with Gasteiger partial charge in [0.15, 0.2) is 0 Å². The number of imidazole rings is 1. The lowest BCUT2D eigenvalue weighted by Gasteiger charge is -2.01. The van der Waals surface area contributed by atoms with Gasteiger partial charge in [0.25, 0.3) is 0 Å². The van der Waals surface area contributed by atoms with Crippen LogP contribution in [0.3, 0.4) is 0 Å². The number of hydrogen-bond acceptors (Lipinski definition) is 2. The zero-order chi connectivity index (χ0) is 13.5. The summed E-state index contributed by atoms with van der Waals surface area (Å²) in [5.41, 5.74) is 1.31. The molecule has 0 atom stereocenters. The molecule has 1 rings (SSSR count). The lowest BCUT2D eigenvalue weighted by atomic mass is 10.3. The summed E-state index contributed by atoms with van der Waals surface area (Å²) in [5.74, 6) is 0.767. The first-order chi connectivity index (χ1) is 8.58. The van der Waals surface area contributed by atoms with E-state index in [-0.39, 0.29) is 5.91 Å². The van der Waals surface area contributed by atoms with Crippen LogP contribution in [0, 0.1) is 0 Å². The highest BCUT2D eigenvalue weighted by Crippen LogP contribution is 2.05. The molecule has 0 aliphatic rings. The molecule has 96 valence electrons. The minimum absolute atomic E-state index is 0.154. The number of carbonyl (C=O) groups excluding carboxylic acids is 1. The van der Waals surface area contributed by atoms with Crippen molar-refractivity contribution < 1.29 is 4.79 Å². The van der Waals surface area contributed by atoms with Crippen LogP contribution in [0.25, 0.3) is 0 Å². The first-order valence-electron chi connectivity index (χ1n) is 5.79. The van der Waals surface area contributed by atoms with E-state index in [0.29, 0.717) is 25.1 Å². The van der Waals surface area contributed by atoms with Gasteiger partial charge in [0.2, 0.25) is 5.91 Å². The number of aromatic nitrogens is 2. The van der Waals surface area contributed by atoms with Gasteiger partial charge in [-0.15, -0.1) is 13.2 Å². The van der Waals surface area contributed by atoms with Gasteiger partial charge in [0.1, 0.15) is 5.82 Å². The van der Waals surface area contributed by atoms with Crippen LogP contribution in [0.5, 0.6) is 0 Å². The fourth-order valence-electron chi connectivity index (χ4n) is 1.51. The summed E-state index contributed by atoms with van der Waals surface area (Å²) < 4.78 is 2.00. The van der Waals surface area contributed by atoms with E-state index >= 15 is 0 Å². The van der Waals surface area contributed by atoms with Crippen LogP contribution < -0.4 is 5.32 Å². The topological polar surface area (TPSA) is 46.9 Å². The average molecular weight is 245 g/mol. The van der Waals surface area contributed by atoms with Crippen molar-refractivity contribution >= 4 is 5.91 Å². The number of allylic oxidation sites excluding steroid dienone is 2. The van der Waals surface area contributed by atoms with E-state index in [1.54, 1.807) is 13.0 Å². The molecule has 1 aromatic rings. The Labute approximate surface area is 108 Å². The molecule has 0 fully saturated rings. The van der Waals surface area contributed by atoms with Crippen molar-refractivity contribution in [1.82, 2.24) is 14.9 Å². The number of amides is 1. The van der Waals surface area contributed by atoms with Crippen LogP contribution in [0.1, 0.15) is 18.4 Å². The van der Waals surface area contributed by atoms with Crippen LogP contribution in [-0.4, -0.2) is 15.5 Å². The molecule has 1 aromatic heterocycles. The largest absolute Gasteiger partial charge is 0.347 e. The molecule has 4 nitrogen and oxygen atoms in total. The van der Waals surface area contributed by atoms with Crippen molar-refractivity contribution in [2.24, 2.45) is 0 Å². The molecule has 0 unspecified atom stereocenters. The Morgan fingerprint density at radius 1 is 1.50 bits per heavy atom. The van der Waals surface area contributed by atoms with E-state index in [1.807, 2.05) is 16.8 Å². The standard InChI is InChI=1S/C14H19N3O/c1-5-7-13-16-12(10-17(13)8-6-2)9-15-14(18)11(3)4/h5-6,10H,1-3,7-9H2,4H3,(H,15,18). The molecule has 18 heavy (non-hydrogen) atoms. The van der Waals surface area contributed by atoms with Gasteiger partial charge in [-0.3, -0.25) is 4.79 Å². The zero-order valence-electron chi connectivity index (χ0n) is 10.8. The summed E-state index contributed by atoms with van der Waals surface area (Å²) in [5, 5.41) is 2.76. The Hall–Kier alpha value is -2.10. The first-order valence-corrected chi connectivity index (χ1v) is 5.79. The molecule has 0 aromatic carbocycles. The highest BCUT2D eigenvalue weighted by Gasteiger charge is 2.07. The predicted octanol–water partition coefficient (Wildman–Crippen LogP) is 1.99. The van der Waals surface area contributed by atoms with Crippen molar-refractivity contribution in [1.29, 1.82) is 0 Å². The minimum Gasteiger partial charge on any atom is -0.347 e. The molecule has 1 N–H and O–H groups in total. The maximum atomic E-state index is 11.4. The quantitative estimate of drug-likeness (QED) is 0.590. The normalized spacial score (nSPS) is 9.83. The van der Waals surface area contributed by atoms with Gasteiger partial charge in [0.05, 0.1) is 12.2 Å². The number of hydrogen-bond donors (Lipinski definition) is 1. The number of nitrogens with zero attached hydrogens (tertiary/aromatic N) is 2. The molecule has 1 heterocycles. The van der Waals surface area contributed by atoms with Crippen molar-refractivity contribution in [2.45, 2.75) is 26.4 Å². The van der Waals surface area contributed by atoms with Gasteiger partial charge in [0, 0.05) is 24.7 Å². The number of rotatable bonds is 7. The van der Waals surface area contributed by atoms with E-state index in [1.165, 1.54) is 0 Å². The molecule has 0 bridgehead atoms. The molecule has 1 amide bonds. The summed E-state index contributed by atoms with van der Waals surface area (Å²) in [6.45, 7) is 13.8. The summed E-state index contributed by atoms with van der Waals surface area (Å²) in [4.78, 5) is 15.8. The highest BCUT2D eigenvalue weighted by molar-refractivity contribution is 5.91. The molecule has 0 saturated carbocycles. The summed E-state index contributed by atoms with van der Waals surface area (Å²) in [6, 6.07) is 0. The van der Waals surface area contributed by atoms with Gasteiger partial charge < -0.3 is 9.88 Å². The Balaban J connectivity index is 2.74. The molecular formula is C14H19N3O. The monoisotopic (exact) mass is 245 g/mol. The third-order valence-electron chi connectivity index (χ3n) is 2.38. The smallest absolute Gasteiger partial charge is 0.246 e. The Bertz CT molecular complexity index is 444. The van der Waals surface area contributed by atoms with Crippen molar-refractivity contribution in [3.05, 3.63) is 55.2 Å². The summed E-state index contributed by atoms with van der Waals surface area (Å²) >= 11 is 0. The number of carbonyl (C=O) groups is 1. The number of nitrogens with one attached hydrogen (secondary N) is 1. The SMILES string of the molecule is C=CCc1nc(CNC(=O)C(=C)C)cn1CC=C. The maximum Gasteiger partial charge on any atom is 0.246 e. The molecule has 0 saturated heterocycles. The summed E-state index contributed by atoms with van der Waals surface area (Å²) in [7, 11) is 0. The van der Waals surface area contributed by atoms with Crippen molar-refractivity contribution in [3.63, 3.8) is 0 Å². The Morgan fingerprint density at radius 2 is 2.22 bits per heavy atom. The molecule has 0 radical (unpaired) electrons. The van der Waals surface area contributed by atoms with Crippen LogP contribution in [0.4, 0.5) is 0 Å². The Morgan fingerprint density at radius 3 is 2.78 bits per heavy atom. The lowest BCUT2D eigenvalue weighted by molar-refractivity contribution is -0.117. The highest BCUT2D eigenvalue weighted by atomic mass is 16.1. The third kappa shape index (κ3) is 3.73. The van der Waals surface area contributed by atoms with E-state index in [2.05, 4.69) is 30.0 Å². The second-order valence-corrected chi connectivity index (χ2v) is 4.05. The van der Waals surface area contributed by atoms with E-state index in [4.69, 9.17) is 0 Å². The maximum absolute atomic E-state index is 11.4. The van der Waals surface area contributed by atoms with Gasteiger partial charge >= 0.3 is 0 Å². The van der Waals surface area contributed by atoms with Crippen molar-refractivity contribution in [3.8, 4) is 0 Å². The molecule has 0 aliphatic heterocycles. The molecular weight excluding hydrogens is 226 g/mol. The van der Waals surface area contributed by atoms with Crippen LogP contribution >= 0.6 is 0 Å². The van der Waals surface area contributed by atoms with Crippen molar-refractivity contribution in [2.75, 3.05) is 0 Å². The fourth-order valence-corrected chi connectivity index (χ4v) is 1.51. The van der Waals surface area contributed by atoms with Gasteiger partial charge in [-0.05, 0) is 6.92 Å². The van der Waals surface area contributed by atoms with Gasteiger partial charge in [-0.1, -0.05) is 18.7 Å². The van der Waals surface area contributed by atoms with E-state index < -0.39 is 0 Å². The van der Waals surface area contributed by atoms with E-state index in [9.17, 15) is 4.79 Å². The molecule has 4 heteroatoms. The van der Waals surface area contributed by atoms with E-state index in [0.717, 1.165) is 11.5 Å². The van der Waals surface area contributed by atoms with Crippen LogP contribution in [-0.2, 0) is 24.3 Å². The van der Waals surface area contributed by atoms with Crippen LogP contribution in [0.15, 0.2) is 43.7 Å². The predicted molar refractivity (Wildman–Crippen MR) is 73.0 cm³/mol. The minimum atomic E-state index is -0.154.